The Balaban J connectivity index is 3.75. The summed E-state index contributed by atoms with van der Waals surface area (Å²) in [5.41, 5.74) is 4.38. The highest BCUT2D eigenvalue weighted by molar-refractivity contribution is 6.17. The molecule has 0 bridgehead atoms. The van der Waals surface area contributed by atoms with E-state index >= 15 is 0 Å². The van der Waals surface area contributed by atoms with Crippen LogP contribution in [0.1, 0.15) is 12.8 Å². The summed E-state index contributed by atoms with van der Waals surface area (Å²) in [6.07, 6.45) is -0.469. The molecule has 0 radical (unpaired) electrons. The van der Waals surface area contributed by atoms with Crippen LogP contribution in [-0.4, -0.2) is 17.7 Å². The molecule has 0 spiro atoms. The Morgan fingerprint density at radius 3 is 2.40 bits per heavy atom. The maximum Gasteiger partial charge on any atom is 0.324 e. The van der Waals surface area contributed by atoms with E-state index in [2.05, 4.69) is 5.73 Å². The Kier molecular flexibility index (Phi) is 3.57. The second-order valence-electron chi connectivity index (χ2n) is 1.86. The Morgan fingerprint density at radius 1 is 1.60 bits per heavy atom. The van der Waals surface area contributed by atoms with Crippen LogP contribution in [0.4, 0.5) is 8.78 Å². The number of amides is 1. The number of carbonyl (C=O) groups excluding carboxylic acids is 1. The third-order valence-electron chi connectivity index (χ3n) is 0.985. The number of rotatable bonds is 4. The van der Waals surface area contributed by atoms with E-state index < -0.39 is 18.3 Å². The van der Waals surface area contributed by atoms with Gasteiger partial charge >= 0.3 is 5.92 Å². The van der Waals surface area contributed by atoms with Gasteiger partial charge in [-0.15, -0.1) is 11.6 Å². The largest absolute Gasteiger partial charge is 0.364 e. The van der Waals surface area contributed by atoms with Crippen molar-refractivity contribution in [1.82, 2.24) is 0 Å². The van der Waals surface area contributed by atoms with E-state index in [1.807, 2.05) is 0 Å². The zero-order chi connectivity index (χ0) is 8.20. The van der Waals surface area contributed by atoms with Crippen LogP contribution in [-0.2, 0) is 4.79 Å². The molecule has 5 heteroatoms. The zero-order valence-electron chi connectivity index (χ0n) is 5.24. The Hall–Kier alpha value is -0.380. The molecule has 0 aromatic carbocycles. The van der Waals surface area contributed by atoms with Crippen molar-refractivity contribution in [2.45, 2.75) is 18.8 Å². The van der Waals surface area contributed by atoms with Crippen LogP contribution < -0.4 is 5.73 Å². The summed E-state index contributed by atoms with van der Waals surface area (Å²) in [4.78, 5) is 9.96. The van der Waals surface area contributed by atoms with Gasteiger partial charge in [0.2, 0.25) is 0 Å². The van der Waals surface area contributed by atoms with E-state index in [4.69, 9.17) is 11.6 Å². The van der Waals surface area contributed by atoms with Crippen molar-refractivity contribution >= 4 is 17.5 Å². The molecule has 0 fully saturated rings. The lowest BCUT2D eigenvalue weighted by atomic mass is 10.2. The van der Waals surface area contributed by atoms with Crippen molar-refractivity contribution in [3.05, 3.63) is 0 Å². The van der Waals surface area contributed by atoms with Gasteiger partial charge in [0, 0.05) is 12.3 Å². The SMILES string of the molecule is NC(=O)C(F)(F)CCCCl. The summed E-state index contributed by atoms with van der Waals surface area (Å²) in [6, 6.07) is 0. The first-order valence-corrected chi connectivity index (χ1v) is 3.28. The van der Waals surface area contributed by atoms with Gasteiger partial charge in [-0.1, -0.05) is 0 Å². The highest BCUT2D eigenvalue weighted by Gasteiger charge is 2.35. The van der Waals surface area contributed by atoms with Gasteiger partial charge in [-0.3, -0.25) is 4.79 Å². The molecule has 0 rings (SSSR count). The number of nitrogens with two attached hydrogens (primary N) is 1. The summed E-state index contributed by atoms with van der Waals surface area (Å²) >= 11 is 5.13. The second-order valence-corrected chi connectivity index (χ2v) is 2.24. The fourth-order valence-corrected chi connectivity index (χ4v) is 0.546. The van der Waals surface area contributed by atoms with Gasteiger partial charge in [0.25, 0.3) is 5.91 Å². The van der Waals surface area contributed by atoms with Crippen LogP contribution in [0.15, 0.2) is 0 Å². The molecule has 1 amide bonds. The minimum atomic E-state index is -3.39. The number of hydrogen-bond donors (Lipinski definition) is 1. The van der Waals surface area contributed by atoms with Crippen LogP contribution in [0.3, 0.4) is 0 Å². The van der Waals surface area contributed by atoms with Gasteiger partial charge < -0.3 is 5.73 Å². The lowest BCUT2D eigenvalue weighted by molar-refractivity contribution is -0.142. The Bertz CT molecular complexity index is 129. The molecule has 60 valence electrons. The molecule has 0 aromatic heterocycles. The fourth-order valence-electron chi connectivity index (χ4n) is 0.412. The van der Waals surface area contributed by atoms with E-state index in [1.165, 1.54) is 0 Å². The molecule has 0 aliphatic carbocycles. The van der Waals surface area contributed by atoms with Gasteiger partial charge in [-0.25, -0.2) is 0 Å². The van der Waals surface area contributed by atoms with Gasteiger partial charge in [0.1, 0.15) is 0 Å². The van der Waals surface area contributed by atoms with E-state index in [0.717, 1.165) is 0 Å². The predicted molar refractivity (Wildman–Crippen MR) is 34.1 cm³/mol. The van der Waals surface area contributed by atoms with E-state index in [0.29, 0.717) is 0 Å². The highest BCUT2D eigenvalue weighted by atomic mass is 35.5. The molecule has 0 aliphatic rings. The van der Waals surface area contributed by atoms with Gasteiger partial charge in [0.15, 0.2) is 0 Å². The highest BCUT2D eigenvalue weighted by Crippen LogP contribution is 2.19. The van der Waals surface area contributed by atoms with E-state index in [9.17, 15) is 13.6 Å². The molecule has 2 N–H and O–H groups in total. The average Bonchev–Trinajstić information content (AvgIpc) is 1.84. The van der Waals surface area contributed by atoms with E-state index in [1.54, 1.807) is 0 Å². The lowest BCUT2D eigenvalue weighted by Crippen LogP contribution is -2.35. The van der Waals surface area contributed by atoms with Crippen molar-refractivity contribution < 1.29 is 13.6 Å². The van der Waals surface area contributed by atoms with Crippen molar-refractivity contribution in [1.29, 1.82) is 0 Å². The molecule has 0 aromatic rings. The number of hydrogen-bond acceptors (Lipinski definition) is 1. The first-order valence-electron chi connectivity index (χ1n) is 2.74. The van der Waals surface area contributed by atoms with E-state index in [-0.39, 0.29) is 12.3 Å². The average molecular weight is 172 g/mol. The molecule has 2 nitrogen and oxygen atoms in total. The molecule has 10 heavy (non-hydrogen) atoms. The molecule has 0 saturated carbocycles. The standard InChI is InChI=1S/C5H8ClF2NO/c6-3-1-2-5(7,8)4(9)10/h1-3H2,(H2,9,10). The molecule has 0 unspecified atom stereocenters. The molecular formula is C5H8ClF2NO. The van der Waals surface area contributed by atoms with Crippen molar-refractivity contribution in [3.63, 3.8) is 0 Å². The fraction of sp³-hybridized carbons (Fsp3) is 0.800. The Morgan fingerprint density at radius 2 is 2.10 bits per heavy atom. The van der Waals surface area contributed by atoms with Crippen LogP contribution in [0.2, 0.25) is 0 Å². The number of alkyl halides is 3. The maximum absolute atomic E-state index is 12.2. The summed E-state index contributed by atoms with van der Waals surface area (Å²) in [5, 5.41) is 0. The van der Waals surface area contributed by atoms with Gasteiger partial charge in [0.05, 0.1) is 0 Å². The summed E-state index contributed by atoms with van der Waals surface area (Å²) in [6.45, 7) is 0. The topological polar surface area (TPSA) is 43.1 Å². The van der Waals surface area contributed by atoms with Gasteiger partial charge in [-0.05, 0) is 6.42 Å². The lowest BCUT2D eigenvalue weighted by Gasteiger charge is -2.09. The normalized spacial score (nSPS) is 11.5. The molecule has 0 atom stereocenters. The minimum Gasteiger partial charge on any atom is -0.364 e. The van der Waals surface area contributed by atoms with Crippen molar-refractivity contribution in [3.8, 4) is 0 Å². The molecule has 0 aliphatic heterocycles. The van der Waals surface area contributed by atoms with Crippen LogP contribution in [0.5, 0.6) is 0 Å². The predicted octanol–water partition coefficient (Wildman–Crippen LogP) is 1.13. The monoisotopic (exact) mass is 171 g/mol. The smallest absolute Gasteiger partial charge is 0.324 e. The van der Waals surface area contributed by atoms with Crippen LogP contribution >= 0.6 is 11.6 Å². The molecular weight excluding hydrogens is 164 g/mol. The Labute approximate surface area is 62.3 Å². The first-order chi connectivity index (χ1) is 4.50. The summed E-state index contributed by atoms with van der Waals surface area (Å²) in [5.74, 6) is -4.87. The molecule has 0 saturated heterocycles. The third kappa shape index (κ3) is 2.96. The third-order valence-corrected chi connectivity index (χ3v) is 1.25. The molecule has 0 heterocycles. The first kappa shape index (κ1) is 9.62. The van der Waals surface area contributed by atoms with Crippen molar-refractivity contribution in [2.75, 3.05) is 5.88 Å². The summed E-state index contributed by atoms with van der Waals surface area (Å²) < 4.78 is 24.4. The number of primary amides is 1. The van der Waals surface area contributed by atoms with Gasteiger partial charge in [-0.2, -0.15) is 8.78 Å². The second kappa shape index (κ2) is 3.71. The minimum absolute atomic E-state index is 0.0947. The number of halogens is 3. The summed E-state index contributed by atoms with van der Waals surface area (Å²) in [7, 11) is 0. The van der Waals surface area contributed by atoms with Crippen LogP contribution in [0.25, 0.3) is 0 Å². The maximum atomic E-state index is 12.2. The number of carbonyl (C=O) groups is 1. The quantitative estimate of drug-likeness (QED) is 0.633. The van der Waals surface area contributed by atoms with Crippen molar-refractivity contribution in [2.24, 2.45) is 5.73 Å². The van der Waals surface area contributed by atoms with Crippen LogP contribution in [0, 0.1) is 0 Å². The zero-order valence-corrected chi connectivity index (χ0v) is 6.00.